The molecule has 2 aromatic carbocycles. The van der Waals surface area contributed by atoms with Crippen LogP contribution in [0.4, 0.5) is 0 Å². The van der Waals surface area contributed by atoms with Crippen LogP contribution in [0.3, 0.4) is 0 Å². The predicted molar refractivity (Wildman–Crippen MR) is 84.6 cm³/mol. The fourth-order valence-corrected chi connectivity index (χ4v) is 1.74. The molecule has 0 fully saturated rings. The van der Waals surface area contributed by atoms with Crippen LogP contribution in [0.1, 0.15) is 28.4 Å². The van der Waals surface area contributed by atoms with Crippen molar-refractivity contribution in [3.05, 3.63) is 71.3 Å². The number of benzene rings is 2. The Kier molecular flexibility index (Phi) is 7.79. The maximum atomic E-state index is 11.0. The molecule has 0 bridgehead atoms. The van der Waals surface area contributed by atoms with E-state index in [1.165, 1.54) is 0 Å². The molecule has 0 atom stereocenters. The van der Waals surface area contributed by atoms with Gasteiger partial charge in [-0.1, -0.05) is 42.5 Å². The van der Waals surface area contributed by atoms with Crippen molar-refractivity contribution < 1.29 is 9.53 Å². The van der Waals surface area contributed by atoms with E-state index in [-0.39, 0.29) is 5.97 Å². The van der Waals surface area contributed by atoms with E-state index in [0.29, 0.717) is 25.3 Å². The lowest BCUT2D eigenvalue weighted by molar-refractivity contribution is 0.0526. The zero-order valence-corrected chi connectivity index (χ0v) is 12.3. The standard InChI is InChI=1S/C9H10O2.C8H12N2/c1-2-11-9(10)8-6-4-3-5-7-8;9-5-7-3-1-2-4-8(7)6-10/h3-7H,2H2,1H3;1-4H,5-6,9-10H2. The highest BCUT2D eigenvalue weighted by Gasteiger charge is 2.02. The van der Waals surface area contributed by atoms with Gasteiger partial charge in [-0.3, -0.25) is 0 Å². The van der Waals surface area contributed by atoms with Gasteiger partial charge in [-0.2, -0.15) is 0 Å². The summed E-state index contributed by atoms with van der Waals surface area (Å²) in [6, 6.07) is 16.9. The quantitative estimate of drug-likeness (QED) is 0.846. The van der Waals surface area contributed by atoms with E-state index in [0.717, 1.165) is 11.1 Å². The van der Waals surface area contributed by atoms with Gasteiger partial charge in [-0.15, -0.1) is 0 Å². The maximum Gasteiger partial charge on any atom is 0.338 e. The van der Waals surface area contributed by atoms with Gasteiger partial charge in [0.2, 0.25) is 0 Å². The topological polar surface area (TPSA) is 78.3 Å². The molecule has 0 amide bonds. The molecular weight excluding hydrogens is 264 g/mol. The van der Waals surface area contributed by atoms with Crippen LogP contribution in [0, 0.1) is 0 Å². The molecule has 21 heavy (non-hydrogen) atoms. The first-order chi connectivity index (χ1) is 10.2. The summed E-state index contributed by atoms with van der Waals surface area (Å²) in [5, 5.41) is 0. The molecule has 0 radical (unpaired) electrons. The summed E-state index contributed by atoms with van der Waals surface area (Å²) in [7, 11) is 0. The minimum atomic E-state index is -0.256. The zero-order chi connectivity index (χ0) is 15.5. The fourth-order valence-electron chi connectivity index (χ4n) is 1.74. The predicted octanol–water partition coefficient (Wildman–Crippen LogP) is 2.47. The molecule has 0 unspecified atom stereocenters. The Hall–Kier alpha value is -2.17. The number of carbonyl (C=O) groups is 1. The van der Waals surface area contributed by atoms with Crippen molar-refractivity contribution in [1.82, 2.24) is 0 Å². The Balaban J connectivity index is 0.000000211. The first-order valence-electron chi connectivity index (χ1n) is 6.92. The molecule has 0 heterocycles. The number of rotatable bonds is 4. The lowest BCUT2D eigenvalue weighted by atomic mass is 10.1. The SMILES string of the molecule is CCOC(=O)c1ccccc1.NCc1ccccc1CN. The van der Waals surface area contributed by atoms with E-state index < -0.39 is 0 Å². The lowest BCUT2D eigenvalue weighted by Gasteiger charge is -2.02. The molecule has 0 spiro atoms. The molecule has 112 valence electrons. The van der Waals surface area contributed by atoms with Crippen molar-refractivity contribution >= 4 is 5.97 Å². The van der Waals surface area contributed by atoms with Crippen LogP contribution >= 0.6 is 0 Å². The van der Waals surface area contributed by atoms with Gasteiger partial charge in [-0.05, 0) is 30.2 Å². The van der Waals surface area contributed by atoms with Crippen LogP contribution in [0.25, 0.3) is 0 Å². The normalized spacial score (nSPS) is 9.48. The number of esters is 1. The van der Waals surface area contributed by atoms with Crippen molar-refractivity contribution in [2.24, 2.45) is 11.5 Å². The van der Waals surface area contributed by atoms with E-state index in [9.17, 15) is 4.79 Å². The molecule has 4 heteroatoms. The van der Waals surface area contributed by atoms with Gasteiger partial charge in [0, 0.05) is 13.1 Å². The number of nitrogens with two attached hydrogens (primary N) is 2. The van der Waals surface area contributed by atoms with Gasteiger partial charge in [0.1, 0.15) is 0 Å². The van der Waals surface area contributed by atoms with Crippen LogP contribution in [0.15, 0.2) is 54.6 Å². The van der Waals surface area contributed by atoms with E-state index in [2.05, 4.69) is 0 Å². The molecule has 2 aromatic rings. The van der Waals surface area contributed by atoms with Crippen molar-refractivity contribution in [1.29, 1.82) is 0 Å². The molecule has 4 nitrogen and oxygen atoms in total. The van der Waals surface area contributed by atoms with Gasteiger partial charge in [-0.25, -0.2) is 4.79 Å². The van der Waals surface area contributed by atoms with Gasteiger partial charge in [0.15, 0.2) is 0 Å². The summed E-state index contributed by atoms with van der Waals surface area (Å²) in [4.78, 5) is 11.0. The molecule has 0 saturated carbocycles. The third-order valence-electron chi connectivity index (χ3n) is 2.84. The minimum Gasteiger partial charge on any atom is -0.462 e. The Bertz CT molecular complexity index is 518. The Labute approximate surface area is 125 Å². The van der Waals surface area contributed by atoms with Crippen LogP contribution in [-0.4, -0.2) is 12.6 Å². The van der Waals surface area contributed by atoms with Crippen LogP contribution in [0.5, 0.6) is 0 Å². The maximum absolute atomic E-state index is 11.0. The molecule has 0 aliphatic heterocycles. The van der Waals surface area contributed by atoms with E-state index in [1.54, 1.807) is 19.1 Å². The summed E-state index contributed by atoms with van der Waals surface area (Å²) >= 11 is 0. The number of carbonyl (C=O) groups excluding carboxylic acids is 1. The smallest absolute Gasteiger partial charge is 0.338 e. The summed E-state index contributed by atoms with van der Waals surface area (Å²) in [5.41, 5.74) is 13.8. The first kappa shape index (κ1) is 16.9. The highest BCUT2D eigenvalue weighted by atomic mass is 16.5. The van der Waals surface area contributed by atoms with E-state index >= 15 is 0 Å². The molecule has 4 N–H and O–H groups in total. The third-order valence-corrected chi connectivity index (χ3v) is 2.84. The van der Waals surface area contributed by atoms with Gasteiger partial charge >= 0.3 is 5.97 Å². The van der Waals surface area contributed by atoms with Gasteiger partial charge < -0.3 is 16.2 Å². The summed E-state index contributed by atoms with van der Waals surface area (Å²) in [5.74, 6) is -0.256. The van der Waals surface area contributed by atoms with Gasteiger partial charge in [0.05, 0.1) is 12.2 Å². The van der Waals surface area contributed by atoms with Crippen molar-refractivity contribution in [2.75, 3.05) is 6.61 Å². The fraction of sp³-hybridized carbons (Fsp3) is 0.235. The average Bonchev–Trinajstić information content (AvgIpc) is 2.56. The molecule has 0 aromatic heterocycles. The molecule has 0 aliphatic carbocycles. The first-order valence-corrected chi connectivity index (χ1v) is 6.92. The number of hydrogen-bond donors (Lipinski definition) is 2. The largest absolute Gasteiger partial charge is 0.462 e. The number of ether oxygens (including phenoxy) is 1. The van der Waals surface area contributed by atoms with E-state index in [1.807, 2.05) is 42.5 Å². The van der Waals surface area contributed by atoms with E-state index in [4.69, 9.17) is 16.2 Å². The molecule has 2 rings (SSSR count). The zero-order valence-electron chi connectivity index (χ0n) is 12.3. The Morgan fingerprint density at radius 3 is 1.81 bits per heavy atom. The Morgan fingerprint density at radius 1 is 0.905 bits per heavy atom. The Morgan fingerprint density at radius 2 is 1.38 bits per heavy atom. The summed E-state index contributed by atoms with van der Waals surface area (Å²) in [6.07, 6.45) is 0. The third kappa shape index (κ3) is 5.77. The van der Waals surface area contributed by atoms with Crippen molar-refractivity contribution in [3.63, 3.8) is 0 Å². The molecule has 0 saturated heterocycles. The average molecular weight is 286 g/mol. The molecule has 0 aliphatic rings. The second-order valence-electron chi connectivity index (χ2n) is 4.26. The van der Waals surface area contributed by atoms with Gasteiger partial charge in [0.25, 0.3) is 0 Å². The summed E-state index contributed by atoms with van der Waals surface area (Å²) < 4.78 is 4.79. The second kappa shape index (κ2) is 9.69. The van der Waals surface area contributed by atoms with Crippen molar-refractivity contribution in [2.45, 2.75) is 20.0 Å². The second-order valence-corrected chi connectivity index (χ2v) is 4.26. The highest BCUT2D eigenvalue weighted by molar-refractivity contribution is 5.89. The highest BCUT2D eigenvalue weighted by Crippen LogP contribution is 2.05. The minimum absolute atomic E-state index is 0.256. The molecular formula is C17H22N2O2. The monoisotopic (exact) mass is 286 g/mol. The van der Waals surface area contributed by atoms with Crippen LogP contribution < -0.4 is 11.5 Å². The van der Waals surface area contributed by atoms with Crippen LogP contribution in [-0.2, 0) is 17.8 Å². The van der Waals surface area contributed by atoms with Crippen molar-refractivity contribution in [3.8, 4) is 0 Å². The lowest BCUT2D eigenvalue weighted by Crippen LogP contribution is -2.05. The summed E-state index contributed by atoms with van der Waals surface area (Å²) in [6.45, 7) is 3.37. The van der Waals surface area contributed by atoms with Crippen LogP contribution in [0.2, 0.25) is 0 Å². The number of hydrogen-bond acceptors (Lipinski definition) is 4.